The zero-order chi connectivity index (χ0) is 14.9. The van der Waals surface area contributed by atoms with Crippen LogP contribution in [0.5, 0.6) is 0 Å². The Morgan fingerprint density at radius 3 is 2.45 bits per heavy atom. The molecule has 0 spiro atoms. The molecule has 0 aliphatic rings. The first-order chi connectivity index (χ1) is 9.31. The number of halogens is 1. The fourth-order valence-electron chi connectivity index (χ4n) is 1.70. The molecule has 2 rings (SSSR count). The molecule has 0 radical (unpaired) electrons. The highest BCUT2D eigenvalue weighted by molar-refractivity contribution is 9.10. The predicted octanol–water partition coefficient (Wildman–Crippen LogP) is 2.58. The molecule has 0 bridgehead atoms. The van der Waals surface area contributed by atoms with E-state index in [-0.39, 0.29) is 16.1 Å². The molecule has 3 N–H and O–H groups in total. The summed E-state index contributed by atoms with van der Waals surface area (Å²) >= 11 is 3.22. The zero-order valence-corrected chi connectivity index (χ0v) is 12.7. The first kappa shape index (κ1) is 14.6. The van der Waals surface area contributed by atoms with Crippen molar-refractivity contribution in [1.82, 2.24) is 4.98 Å². The van der Waals surface area contributed by atoms with Gasteiger partial charge in [-0.1, -0.05) is 15.9 Å². The van der Waals surface area contributed by atoms with E-state index in [1.54, 1.807) is 19.1 Å². The Hall–Kier alpha value is -1.80. The monoisotopic (exact) mass is 358 g/mol. The van der Waals surface area contributed by atoms with Crippen LogP contribution in [0.25, 0.3) is 0 Å². The van der Waals surface area contributed by atoms with Gasteiger partial charge in [-0.15, -0.1) is 0 Å². The lowest BCUT2D eigenvalue weighted by atomic mass is 10.2. The minimum Gasteiger partial charge on any atom is -0.478 e. The fourth-order valence-corrected chi connectivity index (χ4v) is 3.03. The van der Waals surface area contributed by atoms with Crippen molar-refractivity contribution in [3.05, 3.63) is 46.2 Å². The van der Waals surface area contributed by atoms with Crippen molar-refractivity contribution in [3.63, 3.8) is 0 Å². The van der Waals surface area contributed by atoms with Crippen molar-refractivity contribution < 1.29 is 18.3 Å². The van der Waals surface area contributed by atoms with Gasteiger partial charge in [0.25, 0.3) is 10.0 Å². The maximum atomic E-state index is 12.2. The normalized spacial score (nSPS) is 11.3. The number of hydrogen-bond donors (Lipinski definition) is 3. The number of rotatable bonds is 4. The molecule has 1 aromatic heterocycles. The Morgan fingerprint density at radius 2 is 1.90 bits per heavy atom. The van der Waals surface area contributed by atoms with E-state index in [9.17, 15) is 13.2 Å². The van der Waals surface area contributed by atoms with Gasteiger partial charge in [0.2, 0.25) is 0 Å². The molecule has 0 aliphatic carbocycles. The summed E-state index contributed by atoms with van der Waals surface area (Å²) in [5.41, 5.74) is 0.301. The highest BCUT2D eigenvalue weighted by Gasteiger charge is 2.21. The second kappa shape index (κ2) is 5.29. The minimum atomic E-state index is -3.83. The fraction of sp³-hybridized carbons (Fsp3) is 0.0833. The van der Waals surface area contributed by atoms with Crippen LogP contribution in [0.2, 0.25) is 0 Å². The number of sulfonamides is 1. The summed E-state index contributed by atoms with van der Waals surface area (Å²) in [5, 5.41) is 9.08. The van der Waals surface area contributed by atoms with Gasteiger partial charge in [0.15, 0.2) is 0 Å². The SMILES string of the molecule is Cc1[nH]cc(NS(=O)(=O)c2ccc(Br)cc2)c1C(=O)O. The van der Waals surface area contributed by atoms with Crippen LogP contribution in [-0.4, -0.2) is 24.5 Å². The van der Waals surface area contributed by atoms with Crippen LogP contribution in [0, 0.1) is 6.92 Å². The quantitative estimate of drug-likeness (QED) is 0.781. The summed E-state index contributed by atoms with van der Waals surface area (Å²) < 4.78 is 27.3. The molecule has 20 heavy (non-hydrogen) atoms. The summed E-state index contributed by atoms with van der Waals surface area (Å²) in [7, 11) is -3.83. The lowest BCUT2D eigenvalue weighted by Gasteiger charge is -2.07. The van der Waals surface area contributed by atoms with Gasteiger partial charge in [-0.2, -0.15) is 0 Å². The third-order valence-electron chi connectivity index (χ3n) is 2.66. The molecule has 1 heterocycles. The van der Waals surface area contributed by atoms with Crippen LogP contribution in [-0.2, 0) is 10.0 Å². The average molecular weight is 359 g/mol. The number of aromatic carboxylic acids is 1. The molecule has 8 heteroatoms. The van der Waals surface area contributed by atoms with Gasteiger partial charge in [0.1, 0.15) is 5.56 Å². The lowest BCUT2D eigenvalue weighted by Crippen LogP contribution is -2.14. The van der Waals surface area contributed by atoms with Crippen LogP contribution < -0.4 is 4.72 Å². The van der Waals surface area contributed by atoms with Gasteiger partial charge in [-0.05, 0) is 31.2 Å². The molecule has 1 aromatic carbocycles. The van der Waals surface area contributed by atoms with Crippen molar-refractivity contribution in [3.8, 4) is 0 Å². The second-order valence-electron chi connectivity index (χ2n) is 4.07. The summed E-state index contributed by atoms with van der Waals surface area (Å²) in [5.74, 6) is -1.20. The molecule has 0 saturated carbocycles. The lowest BCUT2D eigenvalue weighted by molar-refractivity contribution is 0.0697. The van der Waals surface area contributed by atoms with E-state index in [0.717, 1.165) is 4.47 Å². The Bertz CT molecular complexity index is 750. The smallest absolute Gasteiger partial charge is 0.339 e. The summed E-state index contributed by atoms with van der Waals surface area (Å²) in [6.45, 7) is 1.56. The van der Waals surface area contributed by atoms with E-state index in [4.69, 9.17) is 5.11 Å². The summed E-state index contributed by atoms with van der Waals surface area (Å²) in [4.78, 5) is 13.8. The maximum absolute atomic E-state index is 12.2. The van der Waals surface area contributed by atoms with Crippen molar-refractivity contribution in [2.75, 3.05) is 4.72 Å². The number of H-pyrrole nitrogens is 1. The number of nitrogens with one attached hydrogen (secondary N) is 2. The first-order valence-corrected chi connectivity index (χ1v) is 7.78. The molecule has 0 fully saturated rings. The van der Waals surface area contributed by atoms with Gasteiger partial charge in [-0.3, -0.25) is 4.72 Å². The Morgan fingerprint density at radius 1 is 1.30 bits per heavy atom. The molecule has 0 aliphatic heterocycles. The average Bonchev–Trinajstić information content (AvgIpc) is 2.70. The largest absolute Gasteiger partial charge is 0.478 e. The number of hydrogen-bond acceptors (Lipinski definition) is 3. The molecule has 0 unspecified atom stereocenters. The predicted molar refractivity (Wildman–Crippen MR) is 77.4 cm³/mol. The number of aryl methyl sites for hydroxylation is 1. The van der Waals surface area contributed by atoms with Crippen LogP contribution in [0.3, 0.4) is 0 Å². The minimum absolute atomic E-state index is 0.0120. The Labute approximate surface area is 124 Å². The Kier molecular flexibility index (Phi) is 3.87. The van der Waals surface area contributed by atoms with E-state index < -0.39 is 16.0 Å². The number of aromatic nitrogens is 1. The van der Waals surface area contributed by atoms with Crippen molar-refractivity contribution in [1.29, 1.82) is 0 Å². The molecule has 0 atom stereocenters. The second-order valence-corrected chi connectivity index (χ2v) is 6.66. The van der Waals surface area contributed by atoms with E-state index in [1.807, 2.05) is 0 Å². The summed E-state index contributed by atoms with van der Waals surface area (Å²) in [6, 6.07) is 6.03. The molecule has 0 amide bonds. The number of benzene rings is 1. The van der Waals surface area contributed by atoms with Crippen LogP contribution >= 0.6 is 15.9 Å². The van der Waals surface area contributed by atoms with Crippen molar-refractivity contribution in [2.45, 2.75) is 11.8 Å². The molecule has 2 aromatic rings. The van der Waals surface area contributed by atoms with E-state index in [0.29, 0.717) is 5.69 Å². The standard InChI is InChI=1S/C12H11BrN2O4S/c1-7-11(12(16)17)10(6-14-7)15-20(18,19)9-4-2-8(13)3-5-9/h2-6,14-15H,1H3,(H,16,17). The number of carboxylic acids is 1. The summed E-state index contributed by atoms with van der Waals surface area (Å²) in [6.07, 6.45) is 1.31. The number of carboxylic acid groups (broad SMARTS) is 1. The van der Waals surface area contributed by atoms with Crippen LogP contribution in [0.4, 0.5) is 5.69 Å². The topological polar surface area (TPSA) is 99.3 Å². The zero-order valence-electron chi connectivity index (χ0n) is 10.3. The van der Waals surface area contributed by atoms with Gasteiger partial charge in [-0.25, -0.2) is 13.2 Å². The first-order valence-electron chi connectivity index (χ1n) is 5.51. The molecular weight excluding hydrogens is 348 g/mol. The number of carbonyl (C=O) groups is 1. The van der Waals surface area contributed by atoms with Crippen molar-refractivity contribution >= 4 is 37.6 Å². The Balaban J connectivity index is 2.38. The van der Waals surface area contributed by atoms with Crippen molar-refractivity contribution in [2.24, 2.45) is 0 Å². The van der Waals surface area contributed by atoms with Gasteiger partial charge < -0.3 is 10.1 Å². The molecular formula is C12H11BrN2O4S. The van der Waals surface area contributed by atoms with E-state index in [1.165, 1.54) is 18.3 Å². The molecule has 0 saturated heterocycles. The maximum Gasteiger partial charge on any atom is 0.339 e. The highest BCUT2D eigenvalue weighted by atomic mass is 79.9. The molecule has 106 valence electrons. The van der Waals surface area contributed by atoms with E-state index >= 15 is 0 Å². The van der Waals surface area contributed by atoms with Gasteiger partial charge >= 0.3 is 5.97 Å². The highest BCUT2D eigenvalue weighted by Crippen LogP contribution is 2.23. The van der Waals surface area contributed by atoms with Crippen LogP contribution in [0.15, 0.2) is 39.8 Å². The molecule has 6 nitrogen and oxygen atoms in total. The van der Waals surface area contributed by atoms with Gasteiger partial charge in [0, 0.05) is 16.4 Å². The number of aromatic amines is 1. The van der Waals surface area contributed by atoms with Gasteiger partial charge in [0.05, 0.1) is 10.6 Å². The van der Waals surface area contributed by atoms with E-state index in [2.05, 4.69) is 25.6 Å². The third-order valence-corrected chi connectivity index (χ3v) is 4.57. The third kappa shape index (κ3) is 2.86. The number of anilines is 1. The van der Waals surface area contributed by atoms with Crippen LogP contribution in [0.1, 0.15) is 16.1 Å².